The van der Waals surface area contributed by atoms with Gasteiger partial charge in [0.05, 0.1) is 6.26 Å². The number of nitrogens with zero attached hydrogens (tertiary/aromatic N) is 2. The van der Waals surface area contributed by atoms with Crippen molar-refractivity contribution in [2.24, 2.45) is 0 Å². The number of sulfonamides is 1. The van der Waals surface area contributed by atoms with E-state index in [9.17, 15) is 13.2 Å². The first-order chi connectivity index (χ1) is 9.33. The van der Waals surface area contributed by atoms with Crippen molar-refractivity contribution in [3.63, 3.8) is 0 Å². The summed E-state index contributed by atoms with van der Waals surface area (Å²) in [7, 11) is -3.32. The van der Waals surface area contributed by atoms with Gasteiger partial charge in [-0.3, -0.25) is 9.52 Å². The molecule has 0 atom stereocenters. The molecule has 1 heterocycles. The topological polar surface area (TPSA) is 101 Å². The summed E-state index contributed by atoms with van der Waals surface area (Å²) in [6.45, 7) is 0. The van der Waals surface area contributed by atoms with Crippen LogP contribution in [0.15, 0.2) is 24.3 Å². The Hall–Kier alpha value is -1.71. The molecule has 106 valence electrons. The van der Waals surface area contributed by atoms with E-state index in [1.807, 2.05) is 0 Å². The zero-order chi connectivity index (χ0) is 14.8. The second-order valence-corrected chi connectivity index (χ2v) is 7.07. The maximum atomic E-state index is 11.8. The lowest BCUT2D eigenvalue weighted by Gasteiger charge is -2.06. The lowest BCUT2D eigenvalue weighted by Crippen LogP contribution is -2.12. The number of carbonyl (C=O) groups is 1. The number of aromatic nitrogens is 2. The van der Waals surface area contributed by atoms with Gasteiger partial charge in [-0.15, -0.1) is 10.2 Å². The molecule has 2 N–H and O–H groups in total. The van der Waals surface area contributed by atoms with Gasteiger partial charge in [0.15, 0.2) is 0 Å². The van der Waals surface area contributed by atoms with Gasteiger partial charge < -0.3 is 5.32 Å². The minimum atomic E-state index is -3.32. The smallest absolute Gasteiger partial charge is 0.286 e. The van der Waals surface area contributed by atoms with Gasteiger partial charge in [0, 0.05) is 11.4 Å². The molecule has 1 aromatic heterocycles. The summed E-state index contributed by atoms with van der Waals surface area (Å²) in [5.74, 6) is -0.432. The summed E-state index contributed by atoms with van der Waals surface area (Å²) < 4.78 is 24.6. The van der Waals surface area contributed by atoms with Crippen LogP contribution in [0.4, 0.5) is 11.4 Å². The molecule has 2 rings (SSSR count). The number of nitrogens with one attached hydrogen (secondary N) is 2. The summed E-state index contributed by atoms with van der Waals surface area (Å²) >= 11 is 6.56. The van der Waals surface area contributed by atoms with Gasteiger partial charge in [-0.2, -0.15) is 0 Å². The summed E-state index contributed by atoms with van der Waals surface area (Å²) in [6, 6.07) is 6.19. The number of hydrogen-bond donors (Lipinski definition) is 2. The van der Waals surface area contributed by atoms with Crippen molar-refractivity contribution < 1.29 is 13.2 Å². The Morgan fingerprint density at radius 1 is 1.20 bits per heavy atom. The van der Waals surface area contributed by atoms with Crippen molar-refractivity contribution in [2.45, 2.75) is 0 Å². The lowest BCUT2D eigenvalue weighted by atomic mass is 10.3. The molecule has 2 aromatic rings. The van der Waals surface area contributed by atoms with Crippen LogP contribution in [0.3, 0.4) is 0 Å². The zero-order valence-electron chi connectivity index (χ0n) is 10.1. The van der Waals surface area contributed by atoms with Crippen LogP contribution < -0.4 is 10.0 Å². The highest BCUT2D eigenvalue weighted by Crippen LogP contribution is 2.18. The van der Waals surface area contributed by atoms with Gasteiger partial charge in [0.1, 0.15) is 0 Å². The predicted octanol–water partition coefficient (Wildman–Crippen LogP) is 1.82. The highest BCUT2D eigenvalue weighted by Gasteiger charge is 2.12. The fourth-order valence-electron chi connectivity index (χ4n) is 1.32. The van der Waals surface area contributed by atoms with Crippen molar-refractivity contribution in [3.8, 4) is 0 Å². The number of carbonyl (C=O) groups excluding carboxylic acids is 1. The average molecular weight is 333 g/mol. The van der Waals surface area contributed by atoms with Crippen LogP contribution in [0.5, 0.6) is 0 Å². The van der Waals surface area contributed by atoms with Crippen molar-refractivity contribution >= 4 is 50.2 Å². The van der Waals surface area contributed by atoms with Crippen molar-refractivity contribution in [1.29, 1.82) is 0 Å². The van der Waals surface area contributed by atoms with Crippen LogP contribution in [0.25, 0.3) is 0 Å². The van der Waals surface area contributed by atoms with E-state index in [-0.39, 0.29) is 9.47 Å². The van der Waals surface area contributed by atoms with E-state index < -0.39 is 15.9 Å². The van der Waals surface area contributed by atoms with Crippen LogP contribution in [0.1, 0.15) is 9.80 Å². The second-order valence-electron chi connectivity index (χ2n) is 3.77. The molecule has 0 unspecified atom stereocenters. The SMILES string of the molecule is CS(=O)(=O)Nc1ccc(NC(=O)c2nnc(Cl)s2)cc1. The fourth-order valence-corrected chi connectivity index (χ4v) is 2.61. The third kappa shape index (κ3) is 4.15. The summed E-state index contributed by atoms with van der Waals surface area (Å²) in [4.78, 5) is 11.8. The molecule has 0 saturated carbocycles. The van der Waals surface area contributed by atoms with E-state index in [0.29, 0.717) is 11.4 Å². The standard InChI is InChI=1S/C10H9ClN4O3S2/c1-20(17,18)15-7-4-2-6(3-5-7)12-8(16)9-13-14-10(11)19-9/h2-5,15H,1H3,(H,12,16). The molecule has 0 aliphatic heterocycles. The average Bonchev–Trinajstić information content (AvgIpc) is 2.77. The Bertz CT molecular complexity index is 727. The first kappa shape index (κ1) is 14.7. The number of halogens is 1. The van der Waals surface area contributed by atoms with Crippen LogP contribution in [0, 0.1) is 0 Å². The number of amides is 1. The molecule has 0 aliphatic rings. The quantitative estimate of drug-likeness (QED) is 0.889. The normalized spacial score (nSPS) is 11.1. The van der Waals surface area contributed by atoms with Crippen LogP contribution in [0.2, 0.25) is 4.47 Å². The van der Waals surface area contributed by atoms with Crippen molar-refractivity contribution in [3.05, 3.63) is 33.7 Å². The molecular formula is C10H9ClN4O3S2. The fraction of sp³-hybridized carbons (Fsp3) is 0.100. The van der Waals surface area contributed by atoms with Crippen molar-refractivity contribution in [1.82, 2.24) is 10.2 Å². The van der Waals surface area contributed by atoms with Gasteiger partial charge in [-0.1, -0.05) is 11.3 Å². The lowest BCUT2D eigenvalue weighted by molar-refractivity contribution is 0.102. The largest absolute Gasteiger partial charge is 0.320 e. The molecule has 0 radical (unpaired) electrons. The van der Waals surface area contributed by atoms with E-state index in [2.05, 4.69) is 20.2 Å². The van der Waals surface area contributed by atoms with Gasteiger partial charge in [-0.25, -0.2) is 8.42 Å². The second kappa shape index (κ2) is 5.73. The predicted molar refractivity (Wildman–Crippen MR) is 77.8 cm³/mol. The Kier molecular flexibility index (Phi) is 4.21. The van der Waals surface area contributed by atoms with E-state index >= 15 is 0 Å². The van der Waals surface area contributed by atoms with E-state index in [0.717, 1.165) is 17.6 Å². The number of hydrogen-bond acceptors (Lipinski definition) is 6. The minimum Gasteiger partial charge on any atom is -0.320 e. The molecule has 0 bridgehead atoms. The molecule has 0 aliphatic carbocycles. The number of rotatable bonds is 4. The van der Waals surface area contributed by atoms with E-state index in [1.54, 1.807) is 12.1 Å². The molecule has 0 saturated heterocycles. The molecule has 20 heavy (non-hydrogen) atoms. The van der Waals surface area contributed by atoms with Crippen LogP contribution in [-0.2, 0) is 10.0 Å². The molecule has 1 amide bonds. The highest BCUT2D eigenvalue weighted by molar-refractivity contribution is 7.92. The molecule has 10 heteroatoms. The Balaban J connectivity index is 2.06. The van der Waals surface area contributed by atoms with E-state index in [4.69, 9.17) is 11.6 Å². The van der Waals surface area contributed by atoms with Crippen molar-refractivity contribution in [2.75, 3.05) is 16.3 Å². The first-order valence-corrected chi connectivity index (χ1v) is 8.30. The van der Waals surface area contributed by atoms with E-state index in [1.165, 1.54) is 12.1 Å². The summed E-state index contributed by atoms with van der Waals surface area (Å²) in [5.41, 5.74) is 0.907. The summed E-state index contributed by atoms with van der Waals surface area (Å²) in [5, 5.41) is 9.88. The molecule has 7 nitrogen and oxygen atoms in total. The Morgan fingerprint density at radius 3 is 2.30 bits per heavy atom. The minimum absolute atomic E-state index is 0.147. The highest BCUT2D eigenvalue weighted by atomic mass is 35.5. The van der Waals surface area contributed by atoms with Gasteiger partial charge in [0.2, 0.25) is 19.5 Å². The molecule has 1 aromatic carbocycles. The maximum absolute atomic E-state index is 11.8. The van der Waals surface area contributed by atoms with Gasteiger partial charge in [0.25, 0.3) is 5.91 Å². The van der Waals surface area contributed by atoms with Gasteiger partial charge in [-0.05, 0) is 35.9 Å². The first-order valence-electron chi connectivity index (χ1n) is 5.22. The van der Waals surface area contributed by atoms with Crippen LogP contribution in [-0.4, -0.2) is 30.8 Å². The maximum Gasteiger partial charge on any atom is 0.286 e. The number of anilines is 2. The zero-order valence-corrected chi connectivity index (χ0v) is 12.5. The monoisotopic (exact) mass is 332 g/mol. The molecule has 0 fully saturated rings. The Labute approximate surface area is 124 Å². The van der Waals surface area contributed by atoms with Crippen LogP contribution >= 0.6 is 22.9 Å². The number of benzene rings is 1. The third-order valence-corrected chi connectivity index (χ3v) is 3.66. The third-order valence-electron chi connectivity index (χ3n) is 2.04. The Morgan fingerprint density at radius 2 is 1.80 bits per heavy atom. The van der Waals surface area contributed by atoms with Gasteiger partial charge >= 0.3 is 0 Å². The summed E-state index contributed by atoms with van der Waals surface area (Å²) in [6.07, 6.45) is 1.06. The molecular weight excluding hydrogens is 324 g/mol. The molecule has 0 spiro atoms.